The lowest BCUT2D eigenvalue weighted by molar-refractivity contribution is -0.178. The second-order valence-corrected chi connectivity index (χ2v) is 9.70. The summed E-state index contributed by atoms with van der Waals surface area (Å²) in [5, 5.41) is 0. The smallest absolute Gasteiger partial charge is 0.381 e. The molecule has 5 heteroatoms. The van der Waals surface area contributed by atoms with Crippen molar-refractivity contribution >= 4 is 0 Å². The Labute approximate surface area is 203 Å². The Morgan fingerprint density at radius 1 is 0.455 bits per heavy atom. The highest BCUT2D eigenvalue weighted by molar-refractivity contribution is 4.68. The van der Waals surface area contributed by atoms with Gasteiger partial charge in [-0.2, -0.15) is 13.2 Å². The minimum atomic E-state index is -4.03. The fraction of sp³-hybridized carbons (Fsp3) is 1.00. The van der Waals surface area contributed by atoms with E-state index in [1.54, 1.807) is 0 Å². The van der Waals surface area contributed by atoms with Gasteiger partial charge in [-0.25, -0.2) is 0 Å². The second kappa shape index (κ2) is 24.8. The maximum Gasteiger partial charge on any atom is 0.391 e. The van der Waals surface area contributed by atoms with E-state index in [1.165, 1.54) is 57.8 Å². The minimum Gasteiger partial charge on any atom is -0.381 e. The molecule has 2 nitrogen and oxygen atoms in total. The Hall–Kier alpha value is -0.290. The summed E-state index contributed by atoms with van der Waals surface area (Å²) in [5.41, 5.74) is 0. The highest BCUT2D eigenvalue weighted by Gasteiger charge is 2.38. The summed E-state index contributed by atoms with van der Waals surface area (Å²) >= 11 is 0. The molecule has 0 saturated carbocycles. The summed E-state index contributed by atoms with van der Waals surface area (Å²) < 4.78 is 51.0. The molecular formula is C28H55F3O2. The van der Waals surface area contributed by atoms with Crippen LogP contribution in [0.3, 0.4) is 0 Å². The van der Waals surface area contributed by atoms with E-state index in [-0.39, 0.29) is 0 Å². The molecule has 0 saturated heterocycles. The molecule has 200 valence electrons. The van der Waals surface area contributed by atoms with Gasteiger partial charge >= 0.3 is 6.18 Å². The van der Waals surface area contributed by atoms with Crippen LogP contribution in [0.1, 0.15) is 142 Å². The topological polar surface area (TPSA) is 18.5 Å². The van der Waals surface area contributed by atoms with Crippen LogP contribution in [0.25, 0.3) is 0 Å². The molecule has 33 heavy (non-hydrogen) atoms. The number of alkyl halides is 3. The first kappa shape index (κ1) is 32.7. The van der Waals surface area contributed by atoms with Crippen LogP contribution >= 0.6 is 0 Å². The zero-order valence-corrected chi connectivity index (χ0v) is 22.0. The van der Waals surface area contributed by atoms with Gasteiger partial charge in [-0.1, -0.05) is 104 Å². The molecule has 0 spiro atoms. The summed E-state index contributed by atoms with van der Waals surface area (Å²) in [7, 11) is 0. The average molecular weight is 481 g/mol. The van der Waals surface area contributed by atoms with Gasteiger partial charge in [-0.05, 0) is 38.5 Å². The van der Waals surface area contributed by atoms with Crippen LogP contribution < -0.4 is 0 Å². The summed E-state index contributed by atoms with van der Waals surface area (Å²) in [5.74, 6) is -1.10. The van der Waals surface area contributed by atoms with Crippen LogP contribution in [0, 0.1) is 5.92 Å². The number of ether oxygens (including phenoxy) is 2. The quantitative estimate of drug-likeness (QED) is 0.115. The lowest BCUT2D eigenvalue weighted by atomic mass is 9.94. The van der Waals surface area contributed by atoms with Crippen molar-refractivity contribution in [2.24, 2.45) is 5.92 Å². The van der Waals surface area contributed by atoms with Crippen LogP contribution in [0.15, 0.2) is 0 Å². The first-order chi connectivity index (χ1) is 16.0. The van der Waals surface area contributed by atoms with Crippen molar-refractivity contribution in [2.75, 3.05) is 26.4 Å². The summed E-state index contributed by atoms with van der Waals surface area (Å²) in [6.07, 6.45) is 16.0. The number of hydrogen-bond donors (Lipinski definition) is 0. The Morgan fingerprint density at radius 2 is 0.818 bits per heavy atom. The van der Waals surface area contributed by atoms with E-state index < -0.39 is 12.1 Å². The number of halogens is 3. The van der Waals surface area contributed by atoms with E-state index >= 15 is 0 Å². The molecular weight excluding hydrogens is 425 g/mol. The van der Waals surface area contributed by atoms with Crippen LogP contribution in [-0.2, 0) is 9.47 Å². The maximum absolute atomic E-state index is 13.3. The number of rotatable bonds is 26. The predicted octanol–water partition coefficient (Wildman–Crippen LogP) is 10.0. The van der Waals surface area contributed by atoms with E-state index in [1.807, 2.05) is 0 Å². The normalized spacial score (nSPS) is 13.0. The molecule has 0 aliphatic carbocycles. The molecule has 0 aliphatic heterocycles. The zero-order chi connectivity index (χ0) is 24.5. The van der Waals surface area contributed by atoms with Crippen LogP contribution in [0.2, 0.25) is 0 Å². The first-order valence-corrected chi connectivity index (χ1v) is 14.2. The van der Waals surface area contributed by atoms with E-state index in [4.69, 9.17) is 9.47 Å². The van der Waals surface area contributed by atoms with Gasteiger partial charge in [-0.3, -0.25) is 0 Å². The SMILES string of the molecule is CCCCCCCCCC(CCCCCCOCCCCCCCCOCCC)C(F)(F)F. The molecule has 0 radical (unpaired) electrons. The molecule has 0 aromatic carbocycles. The van der Waals surface area contributed by atoms with Crippen molar-refractivity contribution in [1.29, 1.82) is 0 Å². The van der Waals surface area contributed by atoms with Crippen LogP contribution in [0.5, 0.6) is 0 Å². The molecule has 1 unspecified atom stereocenters. The Balaban J connectivity index is 3.46. The number of unbranched alkanes of at least 4 members (excludes halogenated alkanes) is 14. The van der Waals surface area contributed by atoms with Gasteiger partial charge in [0.1, 0.15) is 0 Å². The highest BCUT2D eigenvalue weighted by Crippen LogP contribution is 2.34. The molecule has 0 N–H and O–H groups in total. The molecule has 0 rings (SSSR count). The predicted molar refractivity (Wildman–Crippen MR) is 135 cm³/mol. The lowest BCUT2D eigenvalue weighted by Crippen LogP contribution is -2.22. The fourth-order valence-corrected chi connectivity index (χ4v) is 4.23. The summed E-state index contributed by atoms with van der Waals surface area (Å²) in [6.45, 7) is 7.65. The van der Waals surface area contributed by atoms with Crippen molar-refractivity contribution in [3.63, 3.8) is 0 Å². The largest absolute Gasteiger partial charge is 0.391 e. The van der Waals surface area contributed by atoms with Gasteiger partial charge in [0.05, 0.1) is 5.92 Å². The highest BCUT2D eigenvalue weighted by atomic mass is 19.4. The third kappa shape index (κ3) is 24.6. The Kier molecular flexibility index (Phi) is 24.6. The maximum atomic E-state index is 13.3. The van der Waals surface area contributed by atoms with Crippen molar-refractivity contribution < 1.29 is 22.6 Å². The van der Waals surface area contributed by atoms with Crippen molar-refractivity contribution in [3.05, 3.63) is 0 Å². The fourth-order valence-electron chi connectivity index (χ4n) is 4.23. The lowest BCUT2D eigenvalue weighted by Gasteiger charge is -2.20. The third-order valence-electron chi connectivity index (χ3n) is 6.39. The molecule has 0 bridgehead atoms. The van der Waals surface area contributed by atoms with Crippen molar-refractivity contribution in [2.45, 2.75) is 148 Å². The standard InChI is InChI=1S/C28H55F3O2/c1-3-5-6-7-8-11-16-21-27(28(29,30)31)22-17-12-15-20-26-33-25-19-14-10-9-13-18-24-32-23-4-2/h27H,3-26H2,1-2H3. The van der Waals surface area contributed by atoms with Crippen molar-refractivity contribution in [1.82, 2.24) is 0 Å². The third-order valence-corrected chi connectivity index (χ3v) is 6.39. The van der Waals surface area contributed by atoms with Gasteiger partial charge in [0.15, 0.2) is 0 Å². The summed E-state index contributed by atoms with van der Waals surface area (Å²) in [4.78, 5) is 0. The van der Waals surface area contributed by atoms with Gasteiger partial charge in [0.25, 0.3) is 0 Å². The first-order valence-electron chi connectivity index (χ1n) is 14.2. The number of hydrogen-bond acceptors (Lipinski definition) is 2. The monoisotopic (exact) mass is 480 g/mol. The van der Waals surface area contributed by atoms with E-state index in [2.05, 4.69) is 13.8 Å². The van der Waals surface area contributed by atoms with Gasteiger partial charge in [0, 0.05) is 26.4 Å². The Bertz CT molecular complexity index is 375. The zero-order valence-electron chi connectivity index (χ0n) is 22.0. The van der Waals surface area contributed by atoms with E-state index in [0.29, 0.717) is 19.3 Å². The minimum absolute atomic E-state index is 0.297. The van der Waals surface area contributed by atoms with E-state index in [9.17, 15) is 13.2 Å². The molecule has 0 aliphatic rings. The van der Waals surface area contributed by atoms with Gasteiger partial charge in [-0.15, -0.1) is 0 Å². The molecule has 0 fully saturated rings. The molecule has 1 atom stereocenters. The molecule has 0 aromatic rings. The van der Waals surface area contributed by atoms with Gasteiger partial charge < -0.3 is 9.47 Å². The second-order valence-electron chi connectivity index (χ2n) is 9.70. The summed E-state index contributed by atoms with van der Waals surface area (Å²) in [6, 6.07) is 0. The molecule has 0 amide bonds. The average Bonchev–Trinajstić information content (AvgIpc) is 2.78. The van der Waals surface area contributed by atoms with Crippen LogP contribution in [-0.4, -0.2) is 32.6 Å². The van der Waals surface area contributed by atoms with Crippen LogP contribution in [0.4, 0.5) is 13.2 Å². The molecule has 0 heterocycles. The Morgan fingerprint density at radius 3 is 1.21 bits per heavy atom. The van der Waals surface area contributed by atoms with Crippen molar-refractivity contribution in [3.8, 4) is 0 Å². The molecule has 0 aromatic heterocycles. The van der Waals surface area contributed by atoms with Gasteiger partial charge in [0.2, 0.25) is 0 Å². The van der Waals surface area contributed by atoms with E-state index in [0.717, 1.165) is 77.8 Å².